The number of fused-ring (bicyclic) bond motifs is 1. The summed E-state index contributed by atoms with van der Waals surface area (Å²) in [5.74, 6) is 1.56. The lowest BCUT2D eigenvalue weighted by molar-refractivity contribution is 1.21. The zero-order valence-corrected chi connectivity index (χ0v) is 13.9. The Bertz CT molecular complexity index is 755. The first-order valence-electron chi connectivity index (χ1n) is 5.59. The normalized spacial score (nSPS) is 10.9. The van der Waals surface area contributed by atoms with Gasteiger partial charge in [-0.25, -0.2) is 9.97 Å². The molecule has 3 rings (SSSR count). The van der Waals surface area contributed by atoms with E-state index in [9.17, 15) is 0 Å². The zero-order valence-electron chi connectivity index (χ0n) is 9.95. The van der Waals surface area contributed by atoms with Crippen LogP contribution in [0.3, 0.4) is 0 Å². The Hall–Kier alpha value is -0.980. The van der Waals surface area contributed by atoms with Crippen LogP contribution in [-0.4, -0.2) is 17.0 Å². The second-order valence-electron chi connectivity index (χ2n) is 3.90. The minimum absolute atomic E-state index is 0.719. The van der Waals surface area contributed by atoms with Crippen molar-refractivity contribution in [3.05, 3.63) is 37.9 Å². The van der Waals surface area contributed by atoms with Gasteiger partial charge in [0, 0.05) is 18.0 Å². The Kier molecular flexibility index (Phi) is 3.56. The molecule has 0 saturated heterocycles. The van der Waals surface area contributed by atoms with E-state index in [-0.39, 0.29) is 0 Å². The highest BCUT2D eigenvalue weighted by molar-refractivity contribution is 9.12. The maximum atomic E-state index is 4.63. The summed E-state index contributed by atoms with van der Waals surface area (Å²) in [6, 6.07) is 10.0. The van der Waals surface area contributed by atoms with Crippen LogP contribution in [0.25, 0.3) is 22.3 Å². The van der Waals surface area contributed by atoms with Gasteiger partial charge in [-0.3, -0.25) is 0 Å². The summed E-state index contributed by atoms with van der Waals surface area (Å²) in [4.78, 5) is 9.23. The van der Waals surface area contributed by atoms with Crippen molar-refractivity contribution >= 4 is 59.9 Å². The van der Waals surface area contributed by atoms with E-state index in [1.165, 1.54) is 0 Å². The van der Waals surface area contributed by atoms with Gasteiger partial charge < -0.3 is 5.32 Å². The number of thiophene rings is 1. The fraction of sp³-hybridized carbons (Fsp3) is 0.0769. The van der Waals surface area contributed by atoms with E-state index < -0.39 is 0 Å². The number of anilines is 1. The van der Waals surface area contributed by atoms with Crippen LogP contribution in [-0.2, 0) is 0 Å². The lowest BCUT2D eigenvalue weighted by Gasteiger charge is -2.07. The van der Waals surface area contributed by atoms with E-state index in [0.29, 0.717) is 0 Å². The fourth-order valence-electron chi connectivity index (χ4n) is 1.88. The molecule has 0 saturated carbocycles. The number of halogens is 2. The van der Waals surface area contributed by atoms with E-state index in [4.69, 9.17) is 0 Å². The topological polar surface area (TPSA) is 37.8 Å². The van der Waals surface area contributed by atoms with Crippen molar-refractivity contribution in [2.24, 2.45) is 0 Å². The van der Waals surface area contributed by atoms with Gasteiger partial charge in [0.15, 0.2) is 5.82 Å². The molecule has 0 aliphatic carbocycles. The van der Waals surface area contributed by atoms with Gasteiger partial charge in [-0.15, -0.1) is 11.3 Å². The number of hydrogen-bond donors (Lipinski definition) is 1. The number of aromatic nitrogens is 2. The molecule has 0 amide bonds. The van der Waals surface area contributed by atoms with Gasteiger partial charge in [0.1, 0.15) is 5.82 Å². The van der Waals surface area contributed by atoms with Crippen LogP contribution >= 0.6 is 43.2 Å². The summed E-state index contributed by atoms with van der Waals surface area (Å²) in [5.41, 5.74) is 1.94. The van der Waals surface area contributed by atoms with Crippen molar-refractivity contribution in [2.75, 3.05) is 12.4 Å². The quantitative estimate of drug-likeness (QED) is 0.665. The molecular formula is C13H9Br2N3S. The van der Waals surface area contributed by atoms with Gasteiger partial charge >= 0.3 is 0 Å². The minimum Gasteiger partial charge on any atom is -0.373 e. The molecule has 0 atom stereocenters. The summed E-state index contributed by atoms with van der Waals surface area (Å²) in [6.07, 6.45) is 0. The fourth-order valence-corrected chi connectivity index (χ4v) is 4.67. The van der Waals surface area contributed by atoms with Crippen LogP contribution in [0.1, 0.15) is 0 Å². The molecule has 2 aromatic heterocycles. The highest BCUT2D eigenvalue weighted by Gasteiger charge is 2.13. The smallest absolute Gasteiger partial charge is 0.164 e. The van der Waals surface area contributed by atoms with Crippen LogP contribution in [0.15, 0.2) is 37.9 Å². The Morgan fingerprint density at radius 2 is 1.95 bits per heavy atom. The summed E-state index contributed by atoms with van der Waals surface area (Å²) in [5, 5.41) is 4.16. The first-order valence-corrected chi connectivity index (χ1v) is 7.99. The molecule has 1 aromatic carbocycles. The second kappa shape index (κ2) is 5.19. The first-order chi connectivity index (χ1) is 9.19. The molecule has 0 aliphatic heterocycles. The molecule has 2 heterocycles. The molecule has 0 aliphatic rings. The molecule has 19 heavy (non-hydrogen) atoms. The molecule has 3 aromatic rings. The van der Waals surface area contributed by atoms with Crippen molar-refractivity contribution < 1.29 is 0 Å². The van der Waals surface area contributed by atoms with E-state index in [0.717, 1.165) is 35.7 Å². The van der Waals surface area contributed by atoms with Crippen LogP contribution < -0.4 is 5.32 Å². The summed E-state index contributed by atoms with van der Waals surface area (Å²) >= 11 is 8.65. The highest BCUT2D eigenvalue weighted by Crippen LogP contribution is 2.38. The summed E-state index contributed by atoms with van der Waals surface area (Å²) in [7, 11) is 1.87. The van der Waals surface area contributed by atoms with Gasteiger partial charge in [-0.05, 0) is 50.1 Å². The SMILES string of the molecule is CNc1nc(-c2cc(Br)sc2Br)nc2ccccc12. The number of hydrogen-bond acceptors (Lipinski definition) is 4. The third-order valence-corrected chi connectivity index (χ3v) is 5.08. The average molecular weight is 399 g/mol. The maximum Gasteiger partial charge on any atom is 0.164 e. The van der Waals surface area contributed by atoms with Crippen LogP contribution in [0.5, 0.6) is 0 Å². The van der Waals surface area contributed by atoms with Gasteiger partial charge in [-0.1, -0.05) is 12.1 Å². The van der Waals surface area contributed by atoms with E-state index in [2.05, 4.69) is 47.1 Å². The Morgan fingerprint density at radius 1 is 1.16 bits per heavy atom. The van der Waals surface area contributed by atoms with E-state index in [1.54, 1.807) is 11.3 Å². The van der Waals surface area contributed by atoms with E-state index >= 15 is 0 Å². The molecule has 0 spiro atoms. The molecule has 0 bridgehead atoms. The molecule has 0 radical (unpaired) electrons. The van der Waals surface area contributed by atoms with Gasteiger partial charge in [0.25, 0.3) is 0 Å². The largest absolute Gasteiger partial charge is 0.373 e. The molecule has 6 heteroatoms. The highest BCUT2D eigenvalue weighted by atomic mass is 79.9. The predicted octanol–water partition coefficient (Wildman–Crippen LogP) is 4.93. The second-order valence-corrected chi connectivity index (χ2v) is 7.65. The van der Waals surface area contributed by atoms with Gasteiger partial charge in [-0.2, -0.15) is 0 Å². The molecule has 3 nitrogen and oxygen atoms in total. The number of benzene rings is 1. The maximum absolute atomic E-state index is 4.63. The van der Waals surface area contributed by atoms with Crippen molar-refractivity contribution in [2.45, 2.75) is 0 Å². The lowest BCUT2D eigenvalue weighted by Crippen LogP contribution is -1.98. The number of nitrogens with zero attached hydrogens (tertiary/aromatic N) is 2. The molecule has 0 unspecified atom stereocenters. The first kappa shape index (κ1) is 13.0. The number of nitrogens with one attached hydrogen (secondary N) is 1. The van der Waals surface area contributed by atoms with Crippen molar-refractivity contribution in [1.82, 2.24) is 9.97 Å². The van der Waals surface area contributed by atoms with E-state index in [1.807, 2.05) is 37.4 Å². The lowest BCUT2D eigenvalue weighted by atomic mass is 10.2. The molecular weight excluding hydrogens is 390 g/mol. The molecule has 0 fully saturated rings. The van der Waals surface area contributed by atoms with Crippen molar-refractivity contribution in [1.29, 1.82) is 0 Å². The zero-order chi connectivity index (χ0) is 13.4. The molecule has 96 valence electrons. The van der Waals surface area contributed by atoms with Crippen LogP contribution in [0.4, 0.5) is 5.82 Å². The predicted molar refractivity (Wildman–Crippen MR) is 87.8 cm³/mol. The third-order valence-electron chi connectivity index (χ3n) is 2.74. The average Bonchev–Trinajstić information content (AvgIpc) is 2.76. The summed E-state index contributed by atoms with van der Waals surface area (Å²) < 4.78 is 2.08. The monoisotopic (exact) mass is 397 g/mol. The number of para-hydroxylation sites is 1. The standard InChI is InChI=1S/C13H9Br2N3S/c1-16-12-7-4-2-3-5-9(7)17-13(18-12)8-6-10(14)19-11(8)15/h2-6H,1H3,(H,16,17,18). The Morgan fingerprint density at radius 3 is 2.63 bits per heavy atom. The van der Waals surface area contributed by atoms with Crippen LogP contribution in [0, 0.1) is 0 Å². The van der Waals surface area contributed by atoms with Gasteiger partial charge in [0.05, 0.1) is 13.1 Å². The van der Waals surface area contributed by atoms with Gasteiger partial charge in [0.2, 0.25) is 0 Å². The third kappa shape index (κ3) is 2.40. The number of rotatable bonds is 2. The minimum atomic E-state index is 0.719. The van der Waals surface area contributed by atoms with Crippen molar-refractivity contribution in [3.63, 3.8) is 0 Å². The molecule has 1 N–H and O–H groups in total. The Balaban J connectivity index is 2.28. The van der Waals surface area contributed by atoms with Crippen LogP contribution in [0.2, 0.25) is 0 Å². The summed E-state index contributed by atoms with van der Waals surface area (Å²) in [6.45, 7) is 0. The van der Waals surface area contributed by atoms with Crippen molar-refractivity contribution in [3.8, 4) is 11.4 Å². The Labute approximate surface area is 131 Å².